The largest absolute Gasteiger partial charge is 0.358 e. The van der Waals surface area contributed by atoms with Crippen molar-refractivity contribution in [2.75, 3.05) is 24.2 Å². The molecule has 1 aliphatic heterocycles. The maximum absolute atomic E-state index is 12.3. The molecule has 0 radical (unpaired) electrons. The Balaban J connectivity index is 1.77. The van der Waals surface area contributed by atoms with Crippen molar-refractivity contribution in [2.24, 2.45) is 0 Å². The summed E-state index contributed by atoms with van der Waals surface area (Å²) in [5.41, 5.74) is 1.39. The lowest BCUT2D eigenvalue weighted by Crippen LogP contribution is -2.24. The van der Waals surface area contributed by atoms with Crippen LogP contribution in [0.15, 0.2) is 24.3 Å². The first-order chi connectivity index (χ1) is 12.1. The molecule has 0 atom stereocenters. The summed E-state index contributed by atoms with van der Waals surface area (Å²) in [6.07, 6.45) is 5.98. The van der Waals surface area contributed by atoms with E-state index in [1.54, 1.807) is 24.3 Å². The third-order valence-corrected chi connectivity index (χ3v) is 5.71. The number of rotatable bonds is 8. The molecule has 1 aliphatic rings. The van der Waals surface area contributed by atoms with Crippen LogP contribution >= 0.6 is 24.0 Å². The molecule has 1 saturated heterocycles. The quantitative estimate of drug-likeness (QED) is 0.410. The van der Waals surface area contributed by atoms with Crippen molar-refractivity contribution in [1.29, 1.82) is 0 Å². The van der Waals surface area contributed by atoms with Gasteiger partial charge in [0.2, 0.25) is 5.91 Å². The number of nitrogens with zero attached hydrogens (tertiary/aromatic N) is 1. The minimum Gasteiger partial charge on any atom is -0.358 e. The molecule has 25 heavy (non-hydrogen) atoms. The maximum atomic E-state index is 12.3. The lowest BCUT2D eigenvalue weighted by atomic mass is 10.1. The molecule has 2 rings (SSSR count). The standard InChI is InChI=1S/C19H26N2O2S2/c1-2-3-4-7-18(23)20-16-10-8-15(9-11-16)17(22)14-25-19(24)21-12-5-6-13-21/h8-11H,2-7,12-14H2,1H3,(H,20,23). The Labute approximate surface area is 159 Å². The molecule has 4 nitrogen and oxygen atoms in total. The molecular formula is C19H26N2O2S2. The lowest BCUT2D eigenvalue weighted by Gasteiger charge is -2.17. The molecule has 0 aromatic heterocycles. The van der Waals surface area contributed by atoms with E-state index in [2.05, 4.69) is 17.1 Å². The Bertz CT molecular complexity index is 596. The number of unbranched alkanes of at least 4 members (excludes halogenated alkanes) is 2. The van der Waals surface area contributed by atoms with E-state index in [-0.39, 0.29) is 11.7 Å². The average molecular weight is 379 g/mol. The van der Waals surface area contributed by atoms with E-state index in [0.717, 1.165) is 42.4 Å². The summed E-state index contributed by atoms with van der Waals surface area (Å²) in [4.78, 5) is 26.3. The first kappa shape index (κ1) is 19.9. The number of carbonyl (C=O) groups excluding carboxylic acids is 2. The number of thioether (sulfide) groups is 1. The van der Waals surface area contributed by atoms with Crippen LogP contribution in [-0.4, -0.2) is 39.8 Å². The summed E-state index contributed by atoms with van der Waals surface area (Å²) in [6, 6.07) is 7.11. The molecule has 1 amide bonds. The number of Topliss-reactive ketones (excluding diaryl/α,β-unsaturated/α-hetero) is 1. The van der Waals surface area contributed by atoms with Gasteiger partial charge in [-0.25, -0.2) is 0 Å². The second-order valence-corrected chi connectivity index (χ2v) is 7.86. The third kappa shape index (κ3) is 6.78. The molecule has 0 unspecified atom stereocenters. The van der Waals surface area contributed by atoms with Gasteiger partial charge < -0.3 is 10.2 Å². The number of carbonyl (C=O) groups is 2. The van der Waals surface area contributed by atoms with E-state index >= 15 is 0 Å². The summed E-state index contributed by atoms with van der Waals surface area (Å²) in [6.45, 7) is 4.13. The number of likely N-dealkylation sites (tertiary alicyclic amines) is 1. The maximum Gasteiger partial charge on any atom is 0.224 e. The van der Waals surface area contributed by atoms with Gasteiger partial charge in [-0.3, -0.25) is 9.59 Å². The Morgan fingerprint density at radius 1 is 1.16 bits per heavy atom. The highest BCUT2D eigenvalue weighted by Gasteiger charge is 2.16. The van der Waals surface area contributed by atoms with Gasteiger partial charge in [-0.05, 0) is 43.5 Å². The smallest absolute Gasteiger partial charge is 0.224 e. The molecular weight excluding hydrogens is 352 g/mol. The van der Waals surface area contributed by atoms with Crippen LogP contribution < -0.4 is 5.32 Å². The van der Waals surface area contributed by atoms with Gasteiger partial charge in [0.25, 0.3) is 0 Å². The highest BCUT2D eigenvalue weighted by Crippen LogP contribution is 2.18. The molecule has 0 bridgehead atoms. The number of hydrogen-bond acceptors (Lipinski definition) is 4. The summed E-state index contributed by atoms with van der Waals surface area (Å²) in [7, 11) is 0. The zero-order chi connectivity index (χ0) is 18.1. The van der Waals surface area contributed by atoms with Gasteiger partial charge in [-0.1, -0.05) is 43.7 Å². The first-order valence-electron chi connectivity index (χ1n) is 8.95. The van der Waals surface area contributed by atoms with Gasteiger partial charge in [0.1, 0.15) is 4.32 Å². The van der Waals surface area contributed by atoms with Crippen molar-refractivity contribution >= 4 is 45.7 Å². The molecule has 0 saturated carbocycles. The van der Waals surface area contributed by atoms with Crippen LogP contribution in [0.5, 0.6) is 0 Å². The fraction of sp³-hybridized carbons (Fsp3) is 0.526. The molecule has 1 aromatic rings. The highest BCUT2D eigenvalue weighted by atomic mass is 32.2. The normalized spacial score (nSPS) is 13.7. The van der Waals surface area contributed by atoms with Gasteiger partial charge in [-0.15, -0.1) is 0 Å². The van der Waals surface area contributed by atoms with Crippen LogP contribution in [0.25, 0.3) is 0 Å². The zero-order valence-electron chi connectivity index (χ0n) is 14.8. The Morgan fingerprint density at radius 2 is 1.84 bits per heavy atom. The van der Waals surface area contributed by atoms with Crippen molar-refractivity contribution in [1.82, 2.24) is 4.90 Å². The molecule has 1 aromatic carbocycles. The van der Waals surface area contributed by atoms with E-state index in [1.807, 2.05) is 0 Å². The van der Waals surface area contributed by atoms with E-state index < -0.39 is 0 Å². The lowest BCUT2D eigenvalue weighted by molar-refractivity contribution is -0.116. The number of hydrogen-bond donors (Lipinski definition) is 1. The Morgan fingerprint density at radius 3 is 2.48 bits per heavy atom. The van der Waals surface area contributed by atoms with Gasteiger partial charge in [0, 0.05) is 30.8 Å². The monoisotopic (exact) mass is 378 g/mol. The molecule has 1 fully saturated rings. The third-order valence-electron chi connectivity index (χ3n) is 4.19. The van der Waals surface area contributed by atoms with Crippen LogP contribution in [-0.2, 0) is 4.79 Å². The van der Waals surface area contributed by atoms with Crippen LogP contribution in [0.3, 0.4) is 0 Å². The number of ketones is 1. The predicted octanol–water partition coefficient (Wildman–Crippen LogP) is 4.50. The van der Waals surface area contributed by atoms with Crippen LogP contribution in [0, 0.1) is 0 Å². The van der Waals surface area contributed by atoms with Crippen molar-refractivity contribution < 1.29 is 9.59 Å². The minimum atomic E-state index is 0.0269. The van der Waals surface area contributed by atoms with Gasteiger partial charge in [0.15, 0.2) is 5.78 Å². The first-order valence-corrected chi connectivity index (χ1v) is 10.3. The van der Waals surface area contributed by atoms with Crippen molar-refractivity contribution in [3.63, 3.8) is 0 Å². The molecule has 1 heterocycles. The Hall–Kier alpha value is -1.40. The number of anilines is 1. The number of nitrogens with one attached hydrogen (secondary N) is 1. The van der Waals surface area contributed by atoms with Crippen molar-refractivity contribution in [3.05, 3.63) is 29.8 Å². The minimum absolute atomic E-state index is 0.0269. The van der Waals surface area contributed by atoms with Gasteiger partial charge >= 0.3 is 0 Å². The number of thiocarbonyl (C=S) groups is 1. The second kappa shape index (κ2) is 10.6. The molecule has 0 aliphatic carbocycles. The summed E-state index contributed by atoms with van der Waals surface area (Å²) in [5.74, 6) is 0.448. The van der Waals surface area contributed by atoms with Gasteiger partial charge in [0.05, 0.1) is 5.75 Å². The van der Waals surface area contributed by atoms with E-state index in [0.29, 0.717) is 17.7 Å². The molecule has 1 N–H and O–H groups in total. The molecule has 136 valence electrons. The van der Waals surface area contributed by atoms with Gasteiger partial charge in [-0.2, -0.15) is 0 Å². The fourth-order valence-corrected chi connectivity index (χ4v) is 3.85. The zero-order valence-corrected chi connectivity index (χ0v) is 16.4. The Kier molecular flexibility index (Phi) is 8.41. The second-order valence-electron chi connectivity index (χ2n) is 6.25. The number of amides is 1. The topological polar surface area (TPSA) is 49.4 Å². The summed E-state index contributed by atoms with van der Waals surface area (Å²) < 4.78 is 0.821. The molecule has 0 spiro atoms. The van der Waals surface area contributed by atoms with Crippen LogP contribution in [0.4, 0.5) is 5.69 Å². The highest BCUT2D eigenvalue weighted by molar-refractivity contribution is 8.23. The van der Waals surface area contributed by atoms with E-state index in [9.17, 15) is 9.59 Å². The average Bonchev–Trinajstić information content (AvgIpc) is 3.15. The van der Waals surface area contributed by atoms with E-state index in [1.165, 1.54) is 24.6 Å². The van der Waals surface area contributed by atoms with Crippen LogP contribution in [0.1, 0.15) is 55.8 Å². The summed E-state index contributed by atoms with van der Waals surface area (Å²) >= 11 is 6.82. The van der Waals surface area contributed by atoms with Crippen molar-refractivity contribution in [3.8, 4) is 0 Å². The van der Waals surface area contributed by atoms with Crippen LogP contribution in [0.2, 0.25) is 0 Å². The SMILES string of the molecule is CCCCCC(=O)Nc1ccc(C(=O)CSC(=S)N2CCCC2)cc1. The number of benzene rings is 1. The molecule has 6 heteroatoms. The van der Waals surface area contributed by atoms with E-state index in [4.69, 9.17) is 12.2 Å². The predicted molar refractivity (Wildman–Crippen MR) is 109 cm³/mol. The summed E-state index contributed by atoms with van der Waals surface area (Å²) in [5, 5.41) is 2.87. The fourth-order valence-electron chi connectivity index (χ4n) is 2.70. The van der Waals surface area contributed by atoms with Crippen molar-refractivity contribution in [2.45, 2.75) is 45.4 Å².